The summed E-state index contributed by atoms with van der Waals surface area (Å²) in [6.45, 7) is 3.70. The predicted molar refractivity (Wildman–Crippen MR) is 54.3 cm³/mol. The van der Waals surface area contributed by atoms with E-state index in [0.717, 1.165) is 5.56 Å². The van der Waals surface area contributed by atoms with E-state index in [4.69, 9.17) is 5.73 Å². The molecule has 2 heteroatoms. The Labute approximate surface area is 79.4 Å². The van der Waals surface area contributed by atoms with Gasteiger partial charge in [0, 0.05) is 0 Å². The fourth-order valence-electron chi connectivity index (χ4n) is 1.24. The maximum Gasteiger partial charge on any atom is 0.0808 e. The van der Waals surface area contributed by atoms with Gasteiger partial charge in [-0.25, -0.2) is 0 Å². The van der Waals surface area contributed by atoms with Gasteiger partial charge in [0.05, 0.1) is 11.6 Å². The highest BCUT2D eigenvalue weighted by atomic mass is 16.3. The third-order valence-corrected chi connectivity index (χ3v) is 2.54. The zero-order chi connectivity index (χ0) is 9.90. The summed E-state index contributed by atoms with van der Waals surface area (Å²) in [5, 5.41) is 9.92. The highest BCUT2D eigenvalue weighted by Crippen LogP contribution is 2.25. The number of benzene rings is 1. The number of aliphatic hydroxyl groups is 1. The van der Waals surface area contributed by atoms with Crippen LogP contribution in [0.2, 0.25) is 0 Å². The predicted octanol–water partition coefficient (Wildman–Crippen LogP) is 1.85. The summed E-state index contributed by atoms with van der Waals surface area (Å²) < 4.78 is 0. The van der Waals surface area contributed by atoms with Crippen LogP contribution in [0.4, 0.5) is 0 Å². The second-order valence-electron chi connectivity index (χ2n) is 3.60. The molecule has 72 valence electrons. The van der Waals surface area contributed by atoms with Gasteiger partial charge in [-0.1, -0.05) is 37.3 Å². The first-order chi connectivity index (χ1) is 6.08. The van der Waals surface area contributed by atoms with Crippen LogP contribution in [0.1, 0.15) is 31.9 Å². The van der Waals surface area contributed by atoms with E-state index in [0.29, 0.717) is 6.42 Å². The lowest BCUT2D eigenvalue weighted by Gasteiger charge is -2.29. The minimum absolute atomic E-state index is 0.307. The van der Waals surface area contributed by atoms with Crippen molar-refractivity contribution in [3.8, 4) is 0 Å². The van der Waals surface area contributed by atoms with Crippen LogP contribution in [0.3, 0.4) is 0 Å². The number of hydrogen-bond acceptors (Lipinski definition) is 2. The molecule has 1 aromatic rings. The average Bonchev–Trinajstić information content (AvgIpc) is 2.18. The van der Waals surface area contributed by atoms with Gasteiger partial charge in [-0.15, -0.1) is 0 Å². The van der Waals surface area contributed by atoms with Crippen molar-refractivity contribution < 1.29 is 5.11 Å². The van der Waals surface area contributed by atoms with E-state index in [1.807, 2.05) is 37.3 Å². The smallest absolute Gasteiger partial charge is 0.0808 e. The Bertz CT molecular complexity index is 256. The Balaban J connectivity index is 2.85. The first-order valence-corrected chi connectivity index (χ1v) is 4.61. The monoisotopic (exact) mass is 179 g/mol. The molecule has 0 radical (unpaired) electrons. The van der Waals surface area contributed by atoms with Crippen molar-refractivity contribution >= 4 is 0 Å². The van der Waals surface area contributed by atoms with Crippen molar-refractivity contribution in [3.63, 3.8) is 0 Å². The highest BCUT2D eigenvalue weighted by Gasteiger charge is 2.27. The Kier molecular flexibility index (Phi) is 3.07. The molecular weight excluding hydrogens is 162 g/mol. The maximum atomic E-state index is 9.92. The van der Waals surface area contributed by atoms with Crippen molar-refractivity contribution in [2.45, 2.75) is 31.9 Å². The Hall–Kier alpha value is -0.860. The third kappa shape index (κ3) is 2.29. The van der Waals surface area contributed by atoms with E-state index in [-0.39, 0.29) is 6.04 Å². The van der Waals surface area contributed by atoms with Crippen LogP contribution in [0.25, 0.3) is 0 Å². The first-order valence-electron chi connectivity index (χ1n) is 4.61. The van der Waals surface area contributed by atoms with Gasteiger partial charge in [-0.2, -0.15) is 0 Å². The molecule has 0 bridgehead atoms. The lowest BCUT2D eigenvalue weighted by atomic mass is 9.89. The van der Waals surface area contributed by atoms with E-state index in [1.165, 1.54) is 0 Å². The number of rotatable bonds is 3. The molecule has 0 fully saturated rings. The van der Waals surface area contributed by atoms with Gasteiger partial charge in [0.1, 0.15) is 0 Å². The molecular formula is C11H17NO. The molecule has 1 rings (SSSR count). The molecule has 0 spiro atoms. The van der Waals surface area contributed by atoms with Gasteiger partial charge in [-0.3, -0.25) is 0 Å². The molecule has 0 aromatic heterocycles. The molecule has 3 N–H and O–H groups in total. The molecule has 0 aliphatic heterocycles. The standard InChI is InChI=1S/C11H17NO/c1-3-11(2,13)10(12)9-7-5-4-6-8-9/h4-8,10,13H,3,12H2,1-2H3. The highest BCUT2D eigenvalue weighted by molar-refractivity contribution is 5.21. The minimum atomic E-state index is -0.818. The van der Waals surface area contributed by atoms with Crippen LogP contribution < -0.4 is 5.73 Å². The first kappa shape index (κ1) is 10.2. The van der Waals surface area contributed by atoms with Gasteiger partial charge in [0.25, 0.3) is 0 Å². The zero-order valence-electron chi connectivity index (χ0n) is 8.20. The summed E-state index contributed by atoms with van der Waals surface area (Å²) in [5.41, 5.74) is 6.10. The Morgan fingerprint density at radius 2 is 1.92 bits per heavy atom. The van der Waals surface area contributed by atoms with E-state index < -0.39 is 5.60 Å². The summed E-state index contributed by atoms with van der Waals surface area (Å²) in [7, 11) is 0. The molecule has 0 saturated carbocycles. The van der Waals surface area contributed by atoms with Gasteiger partial charge in [0.15, 0.2) is 0 Å². The second kappa shape index (κ2) is 3.90. The van der Waals surface area contributed by atoms with Crippen LogP contribution in [-0.2, 0) is 0 Å². The molecule has 2 atom stereocenters. The minimum Gasteiger partial charge on any atom is -0.388 e. The summed E-state index contributed by atoms with van der Waals surface area (Å²) in [4.78, 5) is 0. The molecule has 2 unspecified atom stereocenters. The van der Waals surface area contributed by atoms with Crippen molar-refractivity contribution in [2.24, 2.45) is 5.73 Å². The Morgan fingerprint density at radius 3 is 2.38 bits per heavy atom. The molecule has 0 saturated heterocycles. The van der Waals surface area contributed by atoms with Crippen LogP contribution in [0.5, 0.6) is 0 Å². The molecule has 0 amide bonds. The normalized spacial score (nSPS) is 17.8. The van der Waals surface area contributed by atoms with Crippen molar-refractivity contribution in [2.75, 3.05) is 0 Å². The molecule has 13 heavy (non-hydrogen) atoms. The third-order valence-electron chi connectivity index (χ3n) is 2.54. The van der Waals surface area contributed by atoms with Crippen LogP contribution >= 0.6 is 0 Å². The van der Waals surface area contributed by atoms with E-state index in [9.17, 15) is 5.11 Å². The van der Waals surface area contributed by atoms with E-state index in [1.54, 1.807) is 6.92 Å². The summed E-state index contributed by atoms with van der Waals surface area (Å²) in [6.07, 6.45) is 0.656. The fraction of sp³-hybridized carbons (Fsp3) is 0.455. The van der Waals surface area contributed by atoms with Gasteiger partial charge >= 0.3 is 0 Å². The molecule has 0 aliphatic carbocycles. The van der Waals surface area contributed by atoms with E-state index in [2.05, 4.69) is 0 Å². The van der Waals surface area contributed by atoms with Crippen LogP contribution in [0, 0.1) is 0 Å². The summed E-state index contributed by atoms with van der Waals surface area (Å²) in [5.74, 6) is 0. The number of hydrogen-bond donors (Lipinski definition) is 2. The largest absolute Gasteiger partial charge is 0.388 e. The molecule has 1 aromatic carbocycles. The molecule has 0 aliphatic rings. The van der Waals surface area contributed by atoms with E-state index >= 15 is 0 Å². The summed E-state index contributed by atoms with van der Waals surface area (Å²) in [6, 6.07) is 9.38. The van der Waals surface area contributed by atoms with Gasteiger partial charge in [-0.05, 0) is 18.9 Å². The zero-order valence-corrected chi connectivity index (χ0v) is 8.20. The fourth-order valence-corrected chi connectivity index (χ4v) is 1.24. The average molecular weight is 179 g/mol. The van der Waals surface area contributed by atoms with Crippen LogP contribution in [-0.4, -0.2) is 10.7 Å². The molecule has 2 nitrogen and oxygen atoms in total. The van der Waals surface area contributed by atoms with Gasteiger partial charge < -0.3 is 10.8 Å². The van der Waals surface area contributed by atoms with Gasteiger partial charge in [0.2, 0.25) is 0 Å². The second-order valence-corrected chi connectivity index (χ2v) is 3.60. The number of nitrogens with two attached hydrogens (primary N) is 1. The SMILES string of the molecule is CCC(C)(O)C(N)c1ccccc1. The summed E-state index contributed by atoms with van der Waals surface area (Å²) >= 11 is 0. The topological polar surface area (TPSA) is 46.2 Å². The van der Waals surface area contributed by atoms with Crippen LogP contribution in [0.15, 0.2) is 30.3 Å². The molecule has 0 heterocycles. The van der Waals surface area contributed by atoms with Crippen molar-refractivity contribution in [1.82, 2.24) is 0 Å². The lowest BCUT2D eigenvalue weighted by Crippen LogP contribution is -2.37. The Morgan fingerprint density at radius 1 is 1.38 bits per heavy atom. The van der Waals surface area contributed by atoms with Crippen molar-refractivity contribution in [1.29, 1.82) is 0 Å². The quantitative estimate of drug-likeness (QED) is 0.743. The van der Waals surface area contributed by atoms with Crippen molar-refractivity contribution in [3.05, 3.63) is 35.9 Å². The maximum absolute atomic E-state index is 9.92. The lowest BCUT2D eigenvalue weighted by molar-refractivity contribution is 0.0284.